The van der Waals surface area contributed by atoms with Crippen molar-refractivity contribution in [3.63, 3.8) is 0 Å². The van der Waals surface area contributed by atoms with Crippen LogP contribution in [0.15, 0.2) is 0 Å². The molecule has 0 spiro atoms. The van der Waals surface area contributed by atoms with Gasteiger partial charge in [0.25, 0.3) is 0 Å². The Morgan fingerprint density at radius 1 is 1.12 bits per heavy atom. The molecule has 0 aromatic heterocycles. The van der Waals surface area contributed by atoms with Gasteiger partial charge in [-0.15, -0.1) is 12.4 Å². The molecule has 1 fully saturated rings. The summed E-state index contributed by atoms with van der Waals surface area (Å²) in [5, 5.41) is 0. The van der Waals surface area contributed by atoms with Crippen LogP contribution < -0.4 is 5.73 Å². The number of hydrogen-bond acceptors (Lipinski definition) is 1. The Bertz CT molecular complexity index is 41.7. The first-order valence-corrected chi connectivity index (χ1v) is 2.57. The number of halogens is 1. The third-order valence-electron chi connectivity index (χ3n) is 1.000. The van der Waals surface area contributed by atoms with Crippen molar-refractivity contribution in [3.05, 3.63) is 0 Å². The molecule has 0 bridgehead atoms. The first kappa shape index (κ1) is 10.7. The van der Waals surface area contributed by atoms with E-state index in [-0.39, 0.29) is 18.8 Å². The number of amides is 1. The Hall–Kier alpha value is -0.240. The van der Waals surface area contributed by atoms with Crippen molar-refractivity contribution >= 4 is 18.8 Å². The fraction of sp³-hybridized carbons (Fsp3) is 0.800. The summed E-state index contributed by atoms with van der Waals surface area (Å²) in [6.45, 7) is 0. The lowest BCUT2D eigenvalue weighted by Gasteiger charge is -2.05. The summed E-state index contributed by atoms with van der Waals surface area (Å²) >= 11 is 0. The zero-order valence-corrected chi connectivity index (χ0v) is 5.62. The van der Waals surface area contributed by atoms with E-state index < -0.39 is 0 Å². The Morgan fingerprint density at radius 2 is 1.25 bits per heavy atom. The maximum Gasteiger partial charge on any atom is 0.204 e. The summed E-state index contributed by atoms with van der Waals surface area (Å²) in [6, 6.07) is 0. The molecule has 0 aromatic rings. The molecule has 0 atom stereocenters. The van der Waals surface area contributed by atoms with E-state index in [4.69, 9.17) is 4.79 Å². The van der Waals surface area contributed by atoms with Gasteiger partial charge in [-0.3, -0.25) is 4.79 Å². The first-order chi connectivity index (χ1) is 3.41. The normalized spacial score (nSPS) is 13.5. The Labute approximate surface area is 55.9 Å². The van der Waals surface area contributed by atoms with Gasteiger partial charge < -0.3 is 5.73 Å². The maximum absolute atomic E-state index is 8.58. The van der Waals surface area contributed by atoms with Crippen molar-refractivity contribution < 1.29 is 4.79 Å². The van der Waals surface area contributed by atoms with Crippen LogP contribution in [0.2, 0.25) is 0 Å². The second-order valence-electron chi connectivity index (χ2n) is 1.55. The third-order valence-corrected chi connectivity index (χ3v) is 1.000. The molecular weight excluding hydrogens is 126 g/mol. The van der Waals surface area contributed by atoms with Crippen molar-refractivity contribution in [1.29, 1.82) is 0 Å². The molecule has 2 N–H and O–H groups in total. The average Bonchev–Trinajstić information content (AvgIpc) is 1.27. The summed E-state index contributed by atoms with van der Waals surface area (Å²) in [7, 11) is 0. The van der Waals surface area contributed by atoms with Gasteiger partial charge in [-0.1, -0.05) is 25.7 Å². The molecule has 50 valence electrons. The fourth-order valence-electron chi connectivity index (χ4n) is 0.250. The first-order valence-electron chi connectivity index (χ1n) is 2.57. The summed E-state index contributed by atoms with van der Waals surface area (Å²) in [4.78, 5) is 8.58. The highest BCUT2D eigenvalue weighted by atomic mass is 35.5. The molecule has 0 heterocycles. The maximum atomic E-state index is 8.58. The van der Waals surface area contributed by atoms with Crippen molar-refractivity contribution in [2.24, 2.45) is 5.73 Å². The molecule has 0 radical (unpaired) electrons. The summed E-state index contributed by atoms with van der Waals surface area (Å²) in [5.74, 6) is 0. The molecule has 3 heteroatoms. The number of primary amides is 1. The smallest absolute Gasteiger partial charge is 0.204 e. The van der Waals surface area contributed by atoms with Gasteiger partial charge >= 0.3 is 0 Å². The second-order valence-corrected chi connectivity index (χ2v) is 1.55. The molecule has 1 aliphatic carbocycles. The second kappa shape index (κ2) is 9.90. The zero-order valence-electron chi connectivity index (χ0n) is 4.80. The van der Waals surface area contributed by atoms with Gasteiger partial charge in [0.1, 0.15) is 0 Å². The van der Waals surface area contributed by atoms with Gasteiger partial charge in [-0.25, -0.2) is 0 Å². The number of carbonyl (C=O) groups is 1. The Balaban J connectivity index is 0. The number of carbonyl (C=O) groups excluding carboxylic acids is 1. The minimum Gasteiger partial charge on any atom is -0.372 e. The van der Waals surface area contributed by atoms with E-state index in [1.54, 1.807) is 0 Å². The van der Waals surface area contributed by atoms with Crippen LogP contribution in [0.1, 0.15) is 25.7 Å². The van der Waals surface area contributed by atoms with Gasteiger partial charge in [0, 0.05) is 0 Å². The molecule has 0 aliphatic heterocycles. The molecule has 1 aliphatic rings. The van der Waals surface area contributed by atoms with Gasteiger partial charge in [-0.05, 0) is 0 Å². The molecule has 0 unspecified atom stereocenters. The predicted molar refractivity (Wildman–Crippen MR) is 36.0 cm³/mol. The van der Waals surface area contributed by atoms with Gasteiger partial charge in [-0.2, -0.15) is 0 Å². The summed E-state index contributed by atoms with van der Waals surface area (Å²) in [5.41, 5.74) is 4.17. The summed E-state index contributed by atoms with van der Waals surface area (Å²) in [6.07, 6.45) is 6.25. The Kier molecular flexibility index (Phi) is 13.2. The molecule has 8 heavy (non-hydrogen) atoms. The average molecular weight is 138 g/mol. The van der Waals surface area contributed by atoms with E-state index in [9.17, 15) is 0 Å². The van der Waals surface area contributed by atoms with Gasteiger partial charge in [0.2, 0.25) is 6.41 Å². The van der Waals surface area contributed by atoms with E-state index in [0.29, 0.717) is 0 Å². The Morgan fingerprint density at radius 3 is 1.25 bits per heavy atom. The SMILES string of the molecule is C1CCC1.Cl.NC=O. The van der Waals surface area contributed by atoms with Crippen LogP contribution in [0.5, 0.6) is 0 Å². The largest absolute Gasteiger partial charge is 0.372 e. The van der Waals surface area contributed by atoms with E-state index in [0.717, 1.165) is 0 Å². The topological polar surface area (TPSA) is 43.1 Å². The quantitative estimate of drug-likeness (QED) is 0.499. The number of rotatable bonds is 0. The van der Waals surface area contributed by atoms with Crippen molar-refractivity contribution in [1.82, 2.24) is 0 Å². The number of nitrogens with two attached hydrogens (primary N) is 1. The van der Waals surface area contributed by atoms with Gasteiger partial charge in [0.15, 0.2) is 0 Å². The van der Waals surface area contributed by atoms with Crippen molar-refractivity contribution in [3.8, 4) is 0 Å². The standard InChI is InChI=1S/C4H8.CH3NO.ClH/c1-2-4-3-1;2-1-3;/h1-4H2;1H,(H2,2,3);1H. The molecule has 2 nitrogen and oxygen atoms in total. The predicted octanol–water partition coefficient (Wildman–Crippen LogP) is 1.08. The van der Waals surface area contributed by atoms with E-state index in [1.807, 2.05) is 0 Å². The highest BCUT2D eigenvalue weighted by molar-refractivity contribution is 5.85. The molecule has 1 saturated carbocycles. The molecule has 0 aromatic carbocycles. The fourth-order valence-corrected chi connectivity index (χ4v) is 0.250. The van der Waals surface area contributed by atoms with Crippen LogP contribution in [0.3, 0.4) is 0 Å². The van der Waals surface area contributed by atoms with Crippen LogP contribution in [0.4, 0.5) is 0 Å². The molecule has 1 rings (SSSR count). The van der Waals surface area contributed by atoms with Gasteiger partial charge in [0.05, 0.1) is 0 Å². The zero-order chi connectivity index (χ0) is 5.54. The minimum atomic E-state index is 0. The van der Waals surface area contributed by atoms with Crippen molar-refractivity contribution in [2.75, 3.05) is 0 Å². The monoisotopic (exact) mass is 137 g/mol. The summed E-state index contributed by atoms with van der Waals surface area (Å²) < 4.78 is 0. The lowest BCUT2D eigenvalue weighted by molar-refractivity contribution is -0.106. The van der Waals surface area contributed by atoms with Crippen molar-refractivity contribution in [2.45, 2.75) is 25.7 Å². The molecular formula is C5H12ClNO. The third kappa shape index (κ3) is 9.23. The number of hydrogen-bond donors (Lipinski definition) is 1. The molecule has 0 saturated heterocycles. The van der Waals surface area contributed by atoms with Crippen LogP contribution >= 0.6 is 12.4 Å². The lowest BCUT2D eigenvalue weighted by Crippen LogP contribution is -1.85. The highest BCUT2D eigenvalue weighted by Crippen LogP contribution is 2.15. The van der Waals surface area contributed by atoms with E-state index in [2.05, 4.69) is 5.73 Å². The van der Waals surface area contributed by atoms with Crippen LogP contribution in [-0.2, 0) is 4.79 Å². The van der Waals surface area contributed by atoms with Crippen LogP contribution in [-0.4, -0.2) is 6.41 Å². The minimum absolute atomic E-state index is 0. The van der Waals surface area contributed by atoms with E-state index in [1.165, 1.54) is 25.7 Å². The molecule has 1 amide bonds. The van der Waals surface area contributed by atoms with Crippen LogP contribution in [0, 0.1) is 0 Å². The van der Waals surface area contributed by atoms with E-state index >= 15 is 0 Å². The highest BCUT2D eigenvalue weighted by Gasteiger charge is 1.95. The lowest BCUT2D eigenvalue weighted by atomic mass is 10.0. The van der Waals surface area contributed by atoms with Crippen LogP contribution in [0.25, 0.3) is 0 Å².